The molecule has 0 aliphatic carbocycles. The molecule has 1 fully saturated rings. The third-order valence-corrected chi connectivity index (χ3v) is 5.50. The van der Waals surface area contributed by atoms with Crippen LogP contribution in [0.4, 0.5) is 0 Å². The molecule has 0 aromatic heterocycles. The van der Waals surface area contributed by atoms with Crippen LogP contribution in [0.5, 0.6) is 0 Å². The summed E-state index contributed by atoms with van der Waals surface area (Å²) in [6, 6.07) is 9.03. The first-order chi connectivity index (χ1) is 9.42. The summed E-state index contributed by atoms with van der Waals surface area (Å²) in [5, 5.41) is 8.73. The van der Waals surface area contributed by atoms with E-state index in [1.165, 1.54) is 0 Å². The summed E-state index contributed by atoms with van der Waals surface area (Å²) in [5.41, 5.74) is 1.26. The lowest BCUT2D eigenvalue weighted by Crippen LogP contribution is -2.35. The Kier molecular flexibility index (Phi) is 4.43. The summed E-state index contributed by atoms with van der Waals surface area (Å²) in [6.45, 7) is 1.15. The molecule has 1 aliphatic rings. The predicted octanol–water partition coefficient (Wildman–Crippen LogP) is 1.02. The topological polar surface area (TPSA) is 64.4 Å². The molecule has 108 valence electrons. The quantitative estimate of drug-likeness (QED) is 0.831. The highest BCUT2D eigenvalue weighted by atomic mass is 32.2. The van der Waals surface area contributed by atoms with Gasteiger partial charge in [0.2, 0.25) is 10.0 Å². The van der Waals surface area contributed by atoms with Crippen LogP contribution in [-0.2, 0) is 15.8 Å². The maximum absolute atomic E-state index is 12.4. The van der Waals surface area contributed by atoms with Gasteiger partial charge in [-0.1, -0.05) is 12.1 Å². The molecule has 0 saturated carbocycles. The fourth-order valence-electron chi connectivity index (χ4n) is 2.36. The molecule has 1 aliphatic heterocycles. The van der Waals surface area contributed by atoms with E-state index in [4.69, 9.17) is 5.26 Å². The maximum Gasteiger partial charge on any atom is 0.218 e. The van der Waals surface area contributed by atoms with E-state index in [1.807, 2.05) is 20.2 Å². The molecule has 2 rings (SSSR count). The van der Waals surface area contributed by atoms with E-state index in [0.717, 1.165) is 12.0 Å². The first-order valence-electron chi connectivity index (χ1n) is 6.55. The van der Waals surface area contributed by atoms with Gasteiger partial charge >= 0.3 is 0 Å². The molecule has 0 spiro atoms. The molecule has 1 saturated heterocycles. The van der Waals surface area contributed by atoms with Crippen molar-refractivity contribution in [2.24, 2.45) is 0 Å². The molecule has 0 bridgehead atoms. The van der Waals surface area contributed by atoms with Gasteiger partial charge in [0.1, 0.15) is 0 Å². The van der Waals surface area contributed by atoms with Gasteiger partial charge in [0.05, 0.1) is 17.4 Å². The summed E-state index contributed by atoms with van der Waals surface area (Å²) in [4.78, 5) is 2.07. The highest BCUT2D eigenvalue weighted by Crippen LogP contribution is 2.20. The Bertz CT molecular complexity index is 602. The average molecular weight is 293 g/mol. The molecule has 1 aromatic rings. The van der Waals surface area contributed by atoms with E-state index >= 15 is 0 Å². The van der Waals surface area contributed by atoms with E-state index in [9.17, 15) is 8.42 Å². The number of hydrogen-bond acceptors (Lipinski definition) is 4. The second-order valence-corrected chi connectivity index (χ2v) is 7.30. The van der Waals surface area contributed by atoms with Crippen LogP contribution in [0.3, 0.4) is 0 Å². The molecule has 5 nitrogen and oxygen atoms in total. The number of hydrogen-bond donors (Lipinski definition) is 0. The van der Waals surface area contributed by atoms with Crippen LogP contribution >= 0.6 is 0 Å². The summed E-state index contributed by atoms with van der Waals surface area (Å²) in [6.07, 6.45) is 0.875. The fraction of sp³-hybridized carbons (Fsp3) is 0.500. The van der Waals surface area contributed by atoms with Crippen molar-refractivity contribution in [1.29, 1.82) is 5.26 Å². The number of nitriles is 1. The van der Waals surface area contributed by atoms with Crippen LogP contribution in [0, 0.1) is 11.3 Å². The van der Waals surface area contributed by atoms with Crippen LogP contribution in [0.25, 0.3) is 0 Å². The highest BCUT2D eigenvalue weighted by molar-refractivity contribution is 7.88. The molecule has 1 unspecified atom stereocenters. The Morgan fingerprint density at radius 2 is 2.00 bits per heavy atom. The van der Waals surface area contributed by atoms with Crippen LogP contribution < -0.4 is 0 Å². The third-order valence-electron chi connectivity index (χ3n) is 3.68. The number of nitrogens with zero attached hydrogens (tertiary/aromatic N) is 3. The van der Waals surface area contributed by atoms with Crippen molar-refractivity contribution in [1.82, 2.24) is 9.21 Å². The lowest BCUT2D eigenvalue weighted by molar-refractivity contribution is 0.302. The second kappa shape index (κ2) is 5.92. The van der Waals surface area contributed by atoms with E-state index < -0.39 is 10.0 Å². The van der Waals surface area contributed by atoms with Crippen LogP contribution in [0.15, 0.2) is 24.3 Å². The molecule has 20 heavy (non-hydrogen) atoms. The Balaban J connectivity index is 2.06. The van der Waals surface area contributed by atoms with Gasteiger partial charge in [0.15, 0.2) is 0 Å². The predicted molar refractivity (Wildman–Crippen MR) is 77.4 cm³/mol. The van der Waals surface area contributed by atoms with E-state index in [2.05, 4.69) is 4.90 Å². The normalized spacial score (nSPS) is 20.2. The lowest BCUT2D eigenvalue weighted by Gasteiger charge is -2.20. The zero-order valence-corrected chi connectivity index (χ0v) is 12.6. The standard InChI is InChI=1S/C14H19N3O2S/c1-16(2)14-7-8-17(10-14)20(18,19)11-13-5-3-12(9-15)4-6-13/h3-6,14H,7-8,10-11H2,1-2H3. The van der Waals surface area contributed by atoms with Crippen molar-refractivity contribution in [2.45, 2.75) is 18.2 Å². The molecular weight excluding hydrogens is 274 g/mol. The molecule has 0 amide bonds. The van der Waals surface area contributed by atoms with Crippen molar-refractivity contribution >= 4 is 10.0 Å². The minimum Gasteiger partial charge on any atom is -0.305 e. The van der Waals surface area contributed by atoms with Gasteiger partial charge in [0.25, 0.3) is 0 Å². The van der Waals surface area contributed by atoms with Crippen molar-refractivity contribution in [2.75, 3.05) is 27.2 Å². The monoisotopic (exact) mass is 293 g/mol. The van der Waals surface area contributed by atoms with Gasteiger partial charge in [-0.3, -0.25) is 0 Å². The van der Waals surface area contributed by atoms with E-state index in [-0.39, 0.29) is 5.75 Å². The summed E-state index contributed by atoms with van der Waals surface area (Å²) in [7, 11) is 0.672. The first-order valence-corrected chi connectivity index (χ1v) is 8.16. The SMILES string of the molecule is CN(C)C1CCN(S(=O)(=O)Cc2ccc(C#N)cc2)C1. The van der Waals surface area contributed by atoms with Gasteiger partial charge in [-0.05, 0) is 38.2 Å². The summed E-state index contributed by atoms with van der Waals surface area (Å²) < 4.78 is 26.3. The molecule has 0 radical (unpaired) electrons. The van der Waals surface area contributed by atoms with E-state index in [0.29, 0.717) is 24.7 Å². The van der Waals surface area contributed by atoms with Crippen LogP contribution in [-0.4, -0.2) is 50.8 Å². The first kappa shape index (κ1) is 15.0. The lowest BCUT2D eigenvalue weighted by atomic mass is 10.2. The fourth-order valence-corrected chi connectivity index (χ4v) is 3.94. The Morgan fingerprint density at radius 3 is 2.50 bits per heavy atom. The van der Waals surface area contributed by atoms with E-state index in [1.54, 1.807) is 28.6 Å². The maximum atomic E-state index is 12.4. The molecule has 1 heterocycles. The van der Waals surface area contributed by atoms with Gasteiger partial charge < -0.3 is 4.90 Å². The highest BCUT2D eigenvalue weighted by Gasteiger charge is 2.32. The van der Waals surface area contributed by atoms with Crippen molar-refractivity contribution in [3.8, 4) is 6.07 Å². The molecule has 0 N–H and O–H groups in total. The van der Waals surface area contributed by atoms with Crippen LogP contribution in [0.2, 0.25) is 0 Å². The Labute approximate surface area is 120 Å². The molecule has 6 heteroatoms. The van der Waals surface area contributed by atoms with Crippen LogP contribution in [0.1, 0.15) is 17.5 Å². The molecule has 1 aromatic carbocycles. The van der Waals surface area contributed by atoms with Crippen molar-refractivity contribution < 1.29 is 8.42 Å². The third kappa shape index (κ3) is 3.37. The molecular formula is C14H19N3O2S. The minimum absolute atomic E-state index is 0.00113. The second-order valence-electron chi connectivity index (χ2n) is 5.33. The van der Waals surface area contributed by atoms with Gasteiger partial charge in [0, 0.05) is 19.1 Å². The minimum atomic E-state index is -3.28. The Morgan fingerprint density at radius 1 is 1.35 bits per heavy atom. The van der Waals surface area contributed by atoms with Crippen molar-refractivity contribution in [3.63, 3.8) is 0 Å². The summed E-state index contributed by atoms with van der Waals surface area (Å²) in [5.74, 6) is -0.00113. The summed E-state index contributed by atoms with van der Waals surface area (Å²) >= 11 is 0. The number of likely N-dealkylation sites (N-methyl/N-ethyl adjacent to an activating group) is 1. The van der Waals surface area contributed by atoms with Gasteiger partial charge in [-0.25, -0.2) is 12.7 Å². The van der Waals surface area contributed by atoms with Gasteiger partial charge in [-0.15, -0.1) is 0 Å². The smallest absolute Gasteiger partial charge is 0.218 e. The number of benzene rings is 1. The number of sulfonamides is 1. The molecule has 1 atom stereocenters. The van der Waals surface area contributed by atoms with Crippen molar-refractivity contribution in [3.05, 3.63) is 35.4 Å². The Hall–Kier alpha value is -1.42. The zero-order chi connectivity index (χ0) is 14.8. The average Bonchev–Trinajstić information content (AvgIpc) is 2.90. The largest absolute Gasteiger partial charge is 0.305 e. The number of rotatable bonds is 4. The van der Waals surface area contributed by atoms with Gasteiger partial charge in [-0.2, -0.15) is 5.26 Å². The zero-order valence-electron chi connectivity index (χ0n) is 11.8.